The summed E-state index contributed by atoms with van der Waals surface area (Å²) in [5.74, 6) is -0.866. The van der Waals surface area contributed by atoms with Gasteiger partial charge in [0.2, 0.25) is 5.91 Å². The van der Waals surface area contributed by atoms with Crippen molar-refractivity contribution in [2.75, 3.05) is 6.54 Å². The zero-order chi connectivity index (χ0) is 14.6. The van der Waals surface area contributed by atoms with Gasteiger partial charge in [-0.15, -0.1) is 0 Å². The summed E-state index contributed by atoms with van der Waals surface area (Å²) in [6.45, 7) is 5.75. The Kier molecular flexibility index (Phi) is 5.32. The van der Waals surface area contributed by atoms with Crippen molar-refractivity contribution in [1.82, 2.24) is 5.32 Å². The molecule has 0 saturated heterocycles. The van der Waals surface area contributed by atoms with Crippen molar-refractivity contribution < 1.29 is 14.3 Å². The number of rotatable bonds is 4. The molecule has 0 fully saturated rings. The van der Waals surface area contributed by atoms with Crippen molar-refractivity contribution in [3.63, 3.8) is 0 Å². The molecule has 0 aliphatic carbocycles. The molecule has 0 spiro atoms. The monoisotopic (exact) mass is 287 g/mol. The Morgan fingerprint density at radius 2 is 2.11 bits per heavy atom. The standard InChI is InChI=1S/C14H19ClFNO2/c1-14(2,3)12(18)8-17-13(19)7-9-10(15)5-4-6-11(9)16/h4-6,12,18H,7-8H2,1-3H3,(H,17,19). The molecule has 2 N–H and O–H groups in total. The second-order valence-electron chi connectivity index (χ2n) is 5.56. The first-order chi connectivity index (χ1) is 8.71. The Morgan fingerprint density at radius 3 is 2.63 bits per heavy atom. The average Bonchev–Trinajstić information content (AvgIpc) is 2.29. The zero-order valence-electron chi connectivity index (χ0n) is 11.3. The molecule has 1 amide bonds. The molecule has 19 heavy (non-hydrogen) atoms. The smallest absolute Gasteiger partial charge is 0.224 e. The molecule has 1 aromatic rings. The van der Waals surface area contributed by atoms with Crippen LogP contribution in [0.5, 0.6) is 0 Å². The van der Waals surface area contributed by atoms with Crippen molar-refractivity contribution in [2.45, 2.75) is 33.3 Å². The summed E-state index contributed by atoms with van der Waals surface area (Å²) in [5.41, 5.74) is -0.143. The molecule has 1 aromatic carbocycles. The highest BCUT2D eigenvalue weighted by Crippen LogP contribution is 2.20. The molecule has 0 heterocycles. The van der Waals surface area contributed by atoms with Gasteiger partial charge < -0.3 is 10.4 Å². The highest BCUT2D eigenvalue weighted by Gasteiger charge is 2.22. The van der Waals surface area contributed by atoms with E-state index in [4.69, 9.17) is 11.6 Å². The second-order valence-corrected chi connectivity index (χ2v) is 5.97. The van der Waals surface area contributed by atoms with Gasteiger partial charge in [0.05, 0.1) is 12.5 Å². The van der Waals surface area contributed by atoms with E-state index >= 15 is 0 Å². The summed E-state index contributed by atoms with van der Waals surface area (Å²) in [4.78, 5) is 11.7. The van der Waals surface area contributed by atoms with E-state index in [2.05, 4.69) is 5.32 Å². The topological polar surface area (TPSA) is 49.3 Å². The highest BCUT2D eigenvalue weighted by molar-refractivity contribution is 6.31. The van der Waals surface area contributed by atoms with Crippen molar-refractivity contribution in [2.24, 2.45) is 5.41 Å². The van der Waals surface area contributed by atoms with Gasteiger partial charge in [-0.1, -0.05) is 38.4 Å². The highest BCUT2D eigenvalue weighted by atomic mass is 35.5. The molecular weight excluding hydrogens is 269 g/mol. The first kappa shape index (κ1) is 15.9. The fourth-order valence-corrected chi connectivity index (χ4v) is 1.67. The van der Waals surface area contributed by atoms with Crippen LogP contribution in [-0.2, 0) is 11.2 Å². The van der Waals surface area contributed by atoms with Gasteiger partial charge >= 0.3 is 0 Å². The van der Waals surface area contributed by atoms with E-state index < -0.39 is 11.9 Å². The zero-order valence-corrected chi connectivity index (χ0v) is 12.1. The predicted octanol–water partition coefficient (Wildman–Crippen LogP) is 2.54. The number of amides is 1. The number of aliphatic hydroxyl groups is 1. The Balaban J connectivity index is 2.57. The number of carbonyl (C=O) groups excluding carboxylic acids is 1. The van der Waals surface area contributed by atoms with Crippen LogP contribution in [0, 0.1) is 11.2 Å². The average molecular weight is 288 g/mol. The predicted molar refractivity (Wildman–Crippen MR) is 73.6 cm³/mol. The summed E-state index contributed by atoms with van der Waals surface area (Å²) >= 11 is 5.84. The maximum atomic E-state index is 13.5. The van der Waals surface area contributed by atoms with Gasteiger partial charge in [-0.2, -0.15) is 0 Å². The minimum atomic E-state index is -0.660. The summed E-state index contributed by atoms with van der Waals surface area (Å²) in [5, 5.41) is 12.6. The summed E-state index contributed by atoms with van der Waals surface area (Å²) < 4.78 is 13.5. The van der Waals surface area contributed by atoms with Gasteiger partial charge in [-0.3, -0.25) is 4.79 Å². The van der Waals surface area contributed by atoms with Crippen molar-refractivity contribution in [3.05, 3.63) is 34.6 Å². The molecule has 1 atom stereocenters. The molecular formula is C14H19ClFNO2. The van der Waals surface area contributed by atoms with E-state index in [0.717, 1.165) is 0 Å². The maximum absolute atomic E-state index is 13.5. The van der Waals surface area contributed by atoms with Gasteiger partial charge in [-0.25, -0.2) is 4.39 Å². The SMILES string of the molecule is CC(C)(C)C(O)CNC(=O)Cc1c(F)cccc1Cl. The lowest BCUT2D eigenvalue weighted by atomic mass is 9.89. The Bertz CT molecular complexity index is 437. The molecule has 5 heteroatoms. The minimum absolute atomic E-state index is 0.133. The number of hydrogen-bond acceptors (Lipinski definition) is 2. The number of aliphatic hydroxyl groups excluding tert-OH is 1. The van der Waals surface area contributed by atoms with Crippen molar-refractivity contribution in [1.29, 1.82) is 0 Å². The van der Waals surface area contributed by atoms with E-state index in [1.54, 1.807) is 0 Å². The van der Waals surface area contributed by atoms with Crippen LogP contribution in [0.25, 0.3) is 0 Å². The van der Waals surface area contributed by atoms with Crippen LogP contribution in [0.4, 0.5) is 4.39 Å². The van der Waals surface area contributed by atoms with Crippen LogP contribution in [0.15, 0.2) is 18.2 Å². The van der Waals surface area contributed by atoms with E-state index in [9.17, 15) is 14.3 Å². The van der Waals surface area contributed by atoms with Crippen LogP contribution in [-0.4, -0.2) is 23.7 Å². The lowest BCUT2D eigenvalue weighted by Gasteiger charge is -2.25. The maximum Gasteiger partial charge on any atom is 0.224 e. The molecule has 0 saturated carbocycles. The van der Waals surface area contributed by atoms with Crippen LogP contribution in [0.1, 0.15) is 26.3 Å². The van der Waals surface area contributed by atoms with Crippen LogP contribution < -0.4 is 5.32 Å². The lowest BCUT2D eigenvalue weighted by Crippen LogP contribution is -2.39. The van der Waals surface area contributed by atoms with Crippen molar-refractivity contribution >= 4 is 17.5 Å². The van der Waals surface area contributed by atoms with E-state index in [1.807, 2.05) is 20.8 Å². The molecule has 1 unspecified atom stereocenters. The van der Waals surface area contributed by atoms with Crippen LogP contribution in [0.2, 0.25) is 5.02 Å². The fraction of sp³-hybridized carbons (Fsp3) is 0.500. The third-order valence-corrected chi connectivity index (χ3v) is 3.25. The van der Waals surface area contributed by atoms with E-state index in [-0.39, 0.29) is 34.9 Å². The van der Waals surface area contributed by atoms with Crippen LogP contribution in [0.3, 0.4) is 0 Å². The summed E-state index contributed by atoms with van der Waals surface area (Å²) in [6, 6.07) is 4.29. The van der Waals surface area contributed by atoms with Gasteiger partial charge in [-0.05, 0) is 17.5 Å². The van der Waals surface area contributed by atoms with Gasteiger partial charge in [0.15, 0.2) is 0 Å². The molecule has 0 bridgehead atoms. The molecule has 1 rings (SSSR count). The quantitative estimate of drug-likeness (QED) is 0.894. The Labute approximate surface area is 117 Å². The normalized spacial score (nSPS) is 13.2. The van der Waals surface area contributed by atoms with Gasteiger partial charge in [0, 0.05) is 17.1 Å². The molecule has 0 radical (unpaired) electrons. The first-order valence-electron chi connectivity index (χ1n) is 6.09. The largest absolute Gasteiger partial charge is 0.391 e. The summed E-state index contributed by atoms with van der Waals surface area (Å²) in [7, 11) is 0. The third kappa shape index (κ3) is 4.80. The number of halogens is 2. The second kappa shape index (κ2) is 6.35. The van der Waals surface area contributed by atoms with E-state index in [1.165, 1.54) is 18.2 Å². The summed E-state index contributed by atoms with van der Waals surface area (Å²) in [6.07, 6.45) is -0.796. The number of nitrogens with one attached hydrogen (secondary N) is 1. The molecule has 0 aliphatic heterocycles. The first-order valence-corrected chi connectivity index (χ1v) is 6.47. The minimum Gasteiger partial charge on any atom is -0.391 e. The number of hydrogen-bond donors (Lipinski definition) is 2. The molecule has 0 aromatic heterocycles. The van der Waals surface area contributed by atoms with Crippen molar-refractivity contribution in [3.8, 4) is 0 Å². The molecule has 106 valence electrons. The fourth-order valence-electron chi connectivity index (χ4n) is 1.44. The molecule has 3 nitrogen and oxygen atoms in total. The Hall–Kier alpha value is -1.13. The number of carbonyl (C=O) groups is 1. The Morgan fingerprint density at radius 1 is 1.47 bits per heavy atom. The number of benzene rings is 1. The van der Waals surface area contributed by atoms with Crippen LogP contribution >= 0.6 is 11.6 Å². The van der Waals surface area contributed by atoms with Gasteiger partial charge in [0.1, 0.15) is 5.82 Å². The lowest BCUT2D eigenvalue weighted by molar-refractivity contribution is -0.121. The third-order valence-electron chi connectivity index (χ3n) is 2.89. The van der Waals surface area contributed by atoms with E-state index in [0.29, 0.717) is 0 Å². The molecule has 0 aliphatic rings. The van der Waals surface area contributed by atoms with Gasteiger partial charge in [0.25, 0.3) is 0 Å².